The molecule has 12 heteroatoms. The lowest BCUT2D eigenvalue weighted by molar-refractivity contribution is -0.121. The summed E-state index contributed by atoms with van der Waals surface area (Å²) < 4.78 is 18.8. The van der Waals surface area contributed by atoms with Crippen LogP contribution in [0.3, 0.4) is 0 Å². The zero-order valence-electron chi connectivity index (χ0n) is 23.0. The predicted molar refractivity (Wildman–Crippen MR) is 152 cm³/mol. The first kappa shape index (κ1) is 27.1. The van der Waals surface area contributed by atoms with Gasteiger partial charge in [-0.2, -0.15) is 4.98 Å². The molecule has 0 saturated carbocycles. The number of para-hydroxylation sites is 1. The number of carbonyl (C=O) groups is 2. The Bertz CT molecular complexity index is 1520. The smallest absolute Gasteiger partial charge is 0.410 e. The van der Waals surface area contributed by atoms with Crippen LogP contribution in [0.25, 0.3) is 5.95 Å². The number of hydrogen-bond donors (Lipinski definition) is 1. The molecule has 1 unspecified atom stereocenters. The Balaban J connectivity index is 1.16. The Labute approximate surface area is 242 Å². The lowest BCUT2D eigenvalue weighted by atomic mass is 10.1. The van der Waals surface area contributed by atoms with Crippen molar-refractivity contribution in [2.24, 2.45) is 0 Å². The van der Waals surface area contributed by atoms with Crippen LogP contribution in [-0.4, -0.2) is 75.3 Å². The Hall–Kier alpha value is -5.13. The van der Waals surface area contributed by atoms with Crippen LogP contribution in [0.5, 0.6) is 11.5 Å². The fourth-order valence-electron chi connectivity index (χ4n) is 5.06. The molecule has 1 atom stereocenters. The lowest BCUT2D eigenvalue weighted by Crippen LogP contribution is -2.56. The van der Waals surface area contributed by atoms with E-state index in [0.717, 1.165) is 11.1 Å². The highest BCUT2D eigenvalue weighted by molar-refractivity contribution is 5.78. The molecule has 1 N–H and O–H groups in total. The van der Waals surface area contributed by atoms with Crippen molar-refractivity contribution in [1.29, 1.82) is 0 Å². The van der Waals surface area contributed by atoms with Gasteiger partial charge in [-0.15, -0.1) is 0 Å². The number of ether oxygens (including phenoxy) is 3. The molecule has 4 heterocycles. The van der Waals surface area contributed by atoms with Crippen LogP contribution >= 0.6 is 0 Å². The van der Waals surface area contributed by atoms with Crippen LogP contribution in [0, 0.1) is 0 Å². The van der Waals surface area contributed by atoms with E-state index >= 15 is 0 Å². The second-order valence-corrected chi connectivity index (χ2v) is 9.94. The van der Waals surface area contributed by atoms with Gasteiger partial charge in [-0.3, -0.25) is 9.36 Å². The van der Waals surface area contributed by atoms with E-state index in [1.54, 1.807) is 34.4 Å². The number of fused-ring (bicyclic) bond motifs is 1. The molecule has 42 heavy (non-hydrogen) atoms. The maximum absolute atomic E-state index is 13.3. The summed E-state index contributed by atoms with van der Waals surface area (Å²) in [4.78, 5) is 43.2. The molecule has 1 fully saturated rings. The first-order valence-corrected chi connectivity index (χ1v) is 13.8. The van der Waals surface area contributed by atoms with Crippen molar-refractivity contribution in [1.82, 2.24) is 29.7 Å². The SMILES string of the molecule is O=C(CC1CN(C(=O)OCc2ccccc2)CCN1c1ccnc(-n2ccnc2)n1)NCc1cccc2c1OCCO2. The Morgan fingerprint density at radius 1 is 1.00 bits per heavy atom. The summed E-state index contributed by atoms with van der Waals surface area (Å²) in [6, 6.07) is 16.6. The van der Waals surface area contributed by atoms with Gasteiger partial charge in [0.25, 0.3) is 0 Å². The first-order chi connectivity index (χ1) is 20.6. The summed E-state index contributed by atoms with van der Waals surface area (Å²) in [5, 5.41) is 3.01. The summed E-state index contributed by atoms with van der Waals surface area (Å²) in [7, 11) is 0. The number of amides is 2. The van der Waals surface area contributed by atoms with E-state index in [9.17, 15) is 9.59 Å². The molecule has 1 saturated heterocycles. The van der Waals surface area contributed by atoms with E-state index in [0.29, 0.717) is 62.7 Å². The van der Waals surface area contributed by atoms with Crippen molar-refractivity contribution in [3.05, 3.63) is 90.6 Å². The molecule has 2 aromatic heterocycles. The molecule has 0 spiro atoms. The van der Waals surface area contributed by atoms with Gasteiger partial charge in [-0.25, -0.2) is 14.8 Å². The number of piperazine rings is 1. The largest absolute Gasteiger partial charge is 0.486 e. The molecule has 0 radical (unpaired) electrons. The molecule has 12 nitrogen and oxygen atoms in total. The van der Waals surface area contributed by atoms with Gasteiger partial charge >= 0.3 is 6.09 Å². The van der Waals surface area contributed by atoms with Crippen LogP contribution in [-0.2, 0) is 22.7 Å². The summed E-state index contributed by atoms with van der Waals surface area (Å²) in [6.07, 6.45) is 6.45. The third-order valence-electron chi connectivity index (χ3n) is 7.15. The molecule has 216 valence electrons. The van der Waals surface area contributed by atoms with Gasteiger partial charge in [0.15, 0.2) is 11.5 Å². The third kappa shape index (κ3) is 6.27. The topological polar surface area (TPSA) is 124 Å². The number of carbonyl (C=O) groups excluding carboxylic acids is 2. The van der Waals surface area contributed by atoms with Crippen molar-refractivity contribution < 1.29 is 23.8 Å². The molecule has 4 aromatic rings. The van der Waals surface area contributed by atoms with Crippen molar-refractivity contribution in [3.63, 3.8) is 0 Å². The van der Waals surface area contributed by atoms with E-state index in [1.807, 2.05) is 59.5 Å². The maximum atomic E-state index is 13.3. The highest BCUT2D eigenvalue weighted by Crippen LogP contribution is 2.33. The van der Waals surface area contributed by atoms with Crippen LogP contribution in [0.2, 0.25) is 0 Å². The zero-order valence-corrected chi connectivity index (χ0v) is 23.0. The van der Waals surface area contributed by atoms with Gasteiger partial charge in [-0.05, 0) is 17.7 Å². The molecule has 2 aromatic carbocycles. The highest BCUT2D eigenvalue weighted by Gasteiger charge is 2.33. The van der Waals surface area contributed by atoms with E-state index in [-0.39, 0.29) is 25.0 Å². The third-order valence-corrected chi connectivity index (χ3v) is 7.15. The molecule has 0 aliphatic carbocycles. The van der Waals surface area contributed by atoms with E-state index < -0.39 is 6.09 Å². The molecule has 2 aliphatic heterocycles. The van der Waals surface area contributed by atoms with Crippen molar-refractivity contribution in [2.45, 2.75) is 25.6 Å². The normalized spacial score (nSPS) is 16.1. The monoisotopic (exact) mass is 569 g/mol. The van der Waals surface area contributed by atoms with Crippen LogP contribution in [0.15, 0.2) is 79.5 Å². The zero-order chi connectivity index (χ0) is 28.7. The predicted octanol–water partition coefficient (Wildman–Crippen LogP) is 2.97. The summed E-state index contributed by atoms with van der Waals surface area (Å²) in [5.74, 6) is 2.29. The van der Waals surface area contributed by atoms with Crippen molar-refractivity contribution in [3.8, 4) is 17.4 Å². The van der Waals surface area contributed by atoms with Crippen LogP contribution < -0.4 is 19.7 Å². The molecule has 2 amide bonds. The minimum Gasteiger partial charge on any atom is -0.486 e. The highest BCUT2D eigenvalue weighted by atomic mass is 16.6. The summed E-state index contributed by atoms with van der Waals surface area (Å²) in [5.41, 5.74) is 1.75. The second kappa shape index (κ2) is 12.6. The fraction of sp³-hybridized carbons (Fsp3) is 0.300. The number of nitrogens with one attached hydrogen (secondary N) is 1. The van der Waals surface area contributed by atoms with Gasteiger partial charge in [0.05, 0.1) is 6.04 Å². The van der Waals surface area contributed by atoms with Gasteiger partial charge < -0.3 is 29.3 Å². The fourth-order valence-corrected chi connectivity index (χ4v) is 5.06. The number of rotatable bonds is 8. The summed E-state index contributed by atoms with van der Waals surface area (Å²) >= 11 is 0. The molecular weight excluding hydrogens is 538 g/mol. The Morgan fingerprint density at radius 2 is 1.88 bits per heavy atom. The number of imidazole rings is 1. The van der Waals surface area contributed by atoms with Crippen LogP contribution in [0.1, 0.15) is 17.5 Å². The van der Waals surface area contributed by atoms with E-state index in [1.165, 1.54) is 0 Å². The van der Waals surface area contributed by atoms with Gasteiger partial charge in [0.1, 0.15) is 32.0 Å². The van der Waals surface area contributed by atoms with Gasteiger partial charge in [-0.1, -0.05) is 42.5 Å². The number of nitrogens with zero attached hydrogens (tertiary/aromatic N) is 6. The average molecular weight is 570 g/mol. The second-order valence-electron chi connectivity index (χ2n) is 9.94. The number of anilines is 1. The summed E-state index contributed by atoms with van der Waals surface area (Å²) in [6.45, 7) is 2.61. The quantitative estimate of drug-likeness (QED) is 0.341. The average Bonchev–Trinajstić information content (AvgIpc) is 3.59. The lowest BCUT2D eigenvalue weighted by Gasteiger charge is -2.41. The van der Waals surface area contributed by atoms with Crippen LogP contribution in [0.4, 0.5) is 10.6 Å². The van der Waals surface area contributed by atoms with Gasteiger partial charge in [0, 0.05) is 56.8 Å². The Kier molecular flexibility index (Phi) is 8.11. The molecular formula is C30H31N7O5. The maximum Gasteiger partial charge on any atom is 0.410 e. The minimum atomic E-state index is -0.418. The van der Waals surface area contributed by atoms with Crippen molar-refractivity contribution >= 4 is 17.8 Å². The van der Waals surface area contributed by atoms with Gasteiger partial charge in [0.2, 0.25) is 11.9 Å². The molecule has 6 rings (SSSR count). The van der Waals surface area contributed by atoms with E-state index in [2.05, 4.69) is 15.3 Å². The Morgan fingerprint density at radius 3 is 2.74 bits per heavy atom. The minimum absolute atomic E-state index is 0.138. The van der Waals surface area contributed by atoms with Crippen molar-refractivity contribution in [2.75, 3.05) is 37.7 Å². The molecule has 2 aliphatic rings. The number of hydrogen-bond acceptors (Lipinski definition) is 9. The number of aromatic nitrogens is 4. The molecule has 0 bridgehead atoms. The van der Waals surface area contributed by atoms with E-state index in [4.69, 9.17) is 19.2 Å². The number of benzene rings is 2. The first-order valence-electron chi connectivity index (χ1n) is 13.8. The standard InChI is InChI=1S/C30H31N7O5/c38-27(33-18-23-7-4-8-25-28(23)41-16-15-40-25)17-24-19-35(30(39)42-20-22-5-2-1-3-6-22)13-14-37(24)26-9-10-32-29(34-26)36-12-11-31-21-36/h1-12,21,24H,13-20H2,(H,33,38).